The number of hydrogen-bond acceptors (Lipinski definition) is 9. The fourth-order valence-corrected chi connectivity index (χ4v) is 23.2. The molecule has 0 saturated heterocycles. The van der Waals surface area contributed by atoms with E-state index in [9.17, 15) is 0 Å². The number of hydrogen-bond donors (Lipinski definition) is 0. The molecule has 0 spiro atoms. The number of unbranched alkanes of at least 4 members (excludes halogenated alkanes) is 4. The molecule has 0 nitrogen and oxygen atoms in total. The van der Waals surface area contributed by atoms with Gasteiger partial charge >= 0.3 is 0 Å². The minimum atomic E-state index is 0.754. The molecule has 0 N–H and O–H groups in total. The molecule has 9 heteroatoms. The van der Waals surface area contributed by atoms with Crippen LogP contribution in [0.5, 0.6) is 0 Å². The number of fused-ring (bicyclic) bond motifs is 4. The summed E-state index contributed by atoms with van der Waals surface area (Å²) in [5.74, 6) is 3.02. The van der Waals surface area contributed by atoms with Gasteiger partial charge in [-0.2, -0.15) is 0 Å². The van der Waals surface area contributed by atoms with E-state index in [0.717, 1.165) is 23.7 Å². The SMILES string of the molecule is CCCCC(CC)Cc1ccc(-c2c3cc(-c4ccc(-c5cc6c(-c7ccc(CC(CC)CCCC)s7)c7sccc7c(-c7ccc(CC(CC)CCCC)s7)c6s5)s4)sc3c(-c3ccc(CC(CC)CCCC)s3)c3ccsc23)s1. The minimum absolute atomic E-state index is 0.754. The van der Waals surface area contributed by atoms with E-state index in [1.54, 1.807) is 19.5 Å². The summed E-state index contributed by atoms with van der Waals surface area (Å²) >= 11 is 18.2. The first-order valence-electron chi connectivity index (χ1n) is 31.2. The minimum Gasteiger partial charge on any atom is -0.143 e. The van der Waals surface area contributed by atoms with E-state index >= 15 is 0 Å². The molecule has 0 aliphatic rings. The average molecular weight is 1240 g/mol. The molecule has 0 bridgehead atoms. The van der Waals surface area contributed by atoms with Crippen LogP contribution in [0.25, 0.3) is 102 Å². The van der Waals surface area contributed by atoms with Crippen LogP contribution >= 0.6 is 102 Å². The number of thiophene rings is 9. The highest BCUT2D eigenvalue weighted by Crippen LogP contribution is 2.56. The monoisotopic (exact) mass is 1240 g/mol. The summed E-state index contributed by atoms with van der Waals surface area (Å²) in [4.78, 5) is 17.4. The Morgan fingerprint density at radius 2 is 0.580 bits per heavy atom. The fraction of sp³-hybridized carbons (Fsp3) is 0.444. The lowest BCUT2D eigenvalue weighted by atomic mass is 9.95. The highest BCUT2D eigenvalue weighted by molar-refractivity contribution is 7.31. The van der Waals surface area contributed by atoms with Gasteiger partial charge < -0.3 is 0 Å². The standard InChI is InChI=1S/C72H84S9/c1-9-17-21-45(13-5)39-49-25-29-59(75-49)65-53-35-37-73-69(53)67(61-31-27-51(77-61)41-47(15-7)23-19-11-3)55-43-63(80-71(55)65)57-33-34-58(79-57)64-44-56-68(62-32-28-52(78-62)42-48(16-8)24-20-12-4)70-54(36-38-74-70)66(72(56)81-64)60-30-26-50(76-60)40-46(14-6)22-18-10-2/h25-38,43-48H,9-24,39-42H2,1-8H3. The third-order valence-corrected chi connectivity index (χ3v) is 27.8. The molecule has 2 aromatic carbocycles. The predicted molar refractivity (Wildman–Crippen MR) is 378 cm³/mol. The molecule has 0 saturated carbocycles. The molecule has 11 rings (SSSR count). The van der Waals surface area contributed by atoms with Crippen LogP contribution in [0.3, 0.4) is 0 Å². The Morgan fingerprint density at radius 3 is 0.877 bits per heavy atom. The second kappa shape index (κ2) is 27.9. The first-order valence-corrected chi connectivity index (χ1v) is 38.6. The topological polar surface area (TPSA) is 0 Å². The van der Waals surface area contributed by atoms with E-state index in [1.165, 1.54) is 230 Å². The van der Waals surface area contributed by atoms with Crippen LogP contribution < -0.4 is 0 Å². The molecule has 81 heavy (non-hydrogen) atoms. The van der Waals surface area contributed by atoms with Crippen molar-refractivity contribution < 1.29 is 0 Å². The summed E-state index contributed by atoms with van der Waals surface area (Å²) in [5, 5.41) is 10.4. The molecular weight excluding hydrogens is 1150 g/mol. The second-order valence-electron chi connectivity index (χ2n) is 23.2. The predicted octanol–water partition coefficient (Wildman–Crippen LogP) is 27.9. The summed E-state index contributed by atoms with van der Waals surface area (Å²) in [7, 11) is 0. The Kier molecular flexibility index (Phi) is 20.5. The number of benzene rings is 2. The molecule has 0 aliphatic heterocycles. The molecule has 4 unspecified atom stereocenters. The molecule has 9 aromatic heterocycles. The van der Waals surface area contributed by atoms with Crippen molar-refractivity contribution in [1.29, 1.82) is 0 Å². The van der Waals surface area contributed by atoms with E-state index in [-0.39, 0.29) is 0 Å². The van der Waals surface area contributed by atoms with Crippen LogP contribution in [0.2, 0.25) is 0 Å². The van der Waals surface area contributed by atoms with Crippen LogP contribution in [0.15, 0.2) is 95.7 Å². The summed E-state index contributed by atoms with van der Waals surface area (Å²) in [6, 6.07) is 34.7. The van der Waals surface area contributed by atoms with Crippen LogP contribution in [0.4, 0.5) is 0 Å². The summed E-state index contributed by atoms with van der Waals surface area (Å²) in [6.07, 6.45) is 25.5. The van der Waals surface area contributed by atoms with E-state index in [0.29, 0.717) is 0 Å². The molecule has 11 aromatic rings. The lowest BCUT2D eigenvalue weighted by molar-refractivity contribution is 0.452. The van der Waals surface area contributed by atoms with E-state index in [4.69, 9.17) is 0 Å². The van der Waals surface area contributed by atoms with Gasteiger partial charge in [0, 0.05) is 121 Å². The quantitative estimate of drug-likeness (QED) is 0.0421. The van der Waals surface area contributed by atoms with Gasteiger partial charge in [0.15, 0.2) is 0 Å². The molecule has 0 fully saturated rings. The van der Waals surface area contributed by atoms with Crippen molar-refractivity contribution in [2.24, 2.45) is 23.7 Å². The van der Waals surface area contributed by atoms with Crippen molar-refractivity contribution >= 4 is 142 Å². The molecule has 4 atom stereocenters. The molecule has 0 amide bonds. The van der Waals surface area contributed by atoms with Crippen LogP contribution in [-0.2, 0) is 25.7 Å². The second-order valence-corrected chi connectivity index (χ2v) is 32.9. The van der Waals surface area contributed by atoms with Gasteiger partial charge in [0.25, 0.3) is 0 Å². The Bertz CT molecular complexity index is 3320. The first-order chi connectivity index (χ1) is 39.8. The smallest absolute Gasteiger partial charge is 0.0455 e. The van der Waals surface area contributed by atoms with Crippen molar-refractivity contribution in [3.8, 4) is 61.3 Å². The fourth-order valence-electron chi connectivity index (χ4n) is 12.6. The lowest BCUT2D eigenvalue weighted by Crippen LogP contribution is -2.01. The zero-order valence-electron chi connectivity index (χ0n) is 49.4. The first kappa shape index (κ1) is 59.5. The summed E-state index contributed by atoms with van der Waals surface area (Å²) in [5.41, 5.74) is 5.81. The van der Waals surface area contributed by atoms with E-state index < -0.39 is 0 Å². The normalized spacial score (nSPS) is 13.7. The van der Waals surface area contributed by atoms with Gasteiger partial charge in [0.2, 0.25) is 0 Å². The maximum absolute atomic E-state index is 2.60. The van der Waals surface area contributed by atoms with Crippen molar-refractivity contribution in [3.63, 3.8) is 0 Å². The third-order valence-electron chi connectivity index (χ3n) is 17.6. The Hall–Kier alpha value is -3.22. The van der Waals surface area contributed by atoms with E-state index in [1.807, 2.05) is 56.7 Å². The van der Waals surface area contributed by atoms with Gasteiger partial charge in [-0.3, -0.25) is 0 Å². The Balaban J connectivity index is 1.03. The third kappa shape index (κ3) is 13.0. The van der Waals surface area contributed by atoms with E-state index in [2.05, 4.69) is 196 Å². The van der Waals surface area contributed by atoms with Crippen LogP contribution in [0.1, 0.15) is 178 Å². The maximum Gasteiger partial charge on any atom is 0.0455 e. The highest BCUT2D eigenvalue weighted by atomic mass is 32.1. The maximum atomic E-state index is 2.60. The van der Waals surface area contributed by atoms with Crippen LogP contribution in [-0.4, -0.2) is 0 Å². The molecule has 9 heterocycles. The van der Waals surface area contributed by atoms with Gasteiger partial charge in [-0.05, 0) is 145 Å². The molecule has 0 aliphatic carbocycles. The van der Waals surface area contributed by atoms with Gasteiger partial charge in [-0.25, -0.2) is 0 Å². The van der Waals surface area contributed by atoms with Gasteiger partial charge in [0.05, 0.1) is 0 Å². The molecule has 426 valence electrons. The molecular formula is C72H84S9. The van der Waals surface area contributed by atoms with Crippen molar-refractivity contribution in [2.45, 2.75) is 184 Å². The Morgan fingerprint density at radius 1 is 0.284 bits per heavy atom. The average Bonchev–Trinajstić information content (AvgIpc) is 3.97. The van der Waals surface area contributed by atoms with Gasteiger partial charge in [-0.15, -0.1) is 102 Å². The van der Waals surface area contributed by atoms with Crippen molar-refractivity contribution in [2.75, 3.05) is 0 Å². The largest absolute Gasteiger partial charge is 0.143 e. The zero-order chi connectivity index (χ0) is 56.0. The van der Waals surface area contributed by atoms with Gasteiger partial charge in [-0.1, -0.05) is 158 Å². The Labute approximate surface area is 521 Å². The molecule has 0 radical (unpaired) electrons. The zero-order valence-corrected chi connectivity index (χ0v) is 56.7. The van der Waals surface area contributed by atoms with Crippen LogP contribution in [0, 0.1) is 23.7 Å². The summed E-state index contributed by atoms with van der Waals surface area (Å²) in [6.45, 7) is 18.9. The number of rotatable bonds is 30. The van der Waals surface area contributed by atoms with Crippen molar-refractivity contribution in [1.82, 2.24) is 0 Å². The van der Waals surface area contributed by atoms with Crippen molar-refractivity contribution in [3.05, 3.63) is 115 Å². The lowest BCUT2D eigenvalue weighted by Gasteiger charge is -2.13. The highest BCUT2D eigenvalue weighted by Gasteiger charge is 2.27. The summed E-state index contributed by atoms with van der Waals surface area (Å²) < 4.78 is 5.79. The van der Waals surface area contributed by atoms with Gasteiger partial charge in [0.1, 0.15) is 0 Å².